The fraction of sp³-hybridized carbons (Fsp3) is 0.404. The molecule has 5 aromatic carbocycles. The van der Waals surface area contributed by atoms with E-state index in [1.54, 1.807) is 56.7 Å². The molecule has 3 aliphatic rings. The van der Waals surface area contributed by atoms with Gasteiger partial charge in [0.25, 0.3) is 0 Å². The van der Waals surface area contributed by atoms with E-state index in [4.69, 9.17) is 28.4 Å². The summed E-state index contributed by atoms with van der Waals surface area (Å²) >= 11 is 0. The summed E-state index contributed by atoms with van der Waals surface area (Å²) in [6.07, 6.45) is 4.03. The summed E-state index contributed by atoms with van der Waals surface area (Å²) in [6.45, 7) is 0.970. The molecule has 0 unspecified atom stereocenters. The van der Waals surface area contributed by atoms with Crippen LogP contribution in [0.1, 0.15) is 73.0 Å². The maximum atomic E-state index is 12.7. The molecule has 0 amide bonds. The topological polar surface area (TPSA) is 148 Å². The van der Waals surface area contributed by atoms with Crippen molar-refractivity contribution in [3.63, 3.8) is 0 Å². The van der Waals surface area contributed by atoms with Crippen LogP contribution >= 0.6 is 0 Å². The standard InChI is InChI=1S/C47H53NO10/c1-48-26-56-47-39-24-42(54-3)37-22-32(51)14-16-36(37)46(39)58-41(12-7-17-53-2)43(47)40-25-55-45-29(21-34(23-38(45)44(40)52)57-33-10-4-5-11-33)18-28-20-31(50)13-15-35(28)27-8-6-9-30(49)19-27/h6,8-9,13-16,19-24,33,40-41,43-44,47-52H,4-5,7,10-12,17-18,25-26H2,1-3H3/t40-,41-,43-,44-,47+/m1/s1. The fourth-order valence-electron chi connectivity index (χ4n) is 9.26. The molecule has 2 heterocycles. The minimum Gasteiger partial charge on any atom is -0.508 e. The van der Waals surface area contributed by atoms with Crippen molar-refractivity contribution in [1.29, 1.82) is 0 Å². The van der Waals surface area contributed by atoms with Gasteiger partial charge in [-0.25, -0.2) is 0 Å². The molecule has 5 N–H and O–H groups in total. The Hall–Kier alpha value is -5.20. The molecular formula is C47H53NO10. The Morgan fingerprint density at radius 3 is 2.38 bits per heavy atom. The molecule has 0 aromatic heterocycles. The highest BCUT2D eigenvalue weighted by Crippen LogP contribution is 2.54. The number of aliphatic hydroxyl groups excluding tert-OH is 1. The van der Waals surface area contributed by atoms with Crippen LogP contribution in [0.4, 0.5) is 0 Å². The van der Waals surface area contributed by atoms with Gasteiger partial charge >= 0.3 is 0 Å². The van der Waals surface area contributed by atoms with Crippen molar-refractivity contribution in [2.24, 2.45) is 11.8 Å². The summed E-state index contributed by atoms with van der Waals surface area (Å²) < 4.78 is 38.5. The molecule has 1 fully saturated rings. The first-order valence-corrected chi connectivity index (χ1v) is 20.3. The van der Waals surface area contributed by atoms with Crippen molar-refractivity contribution < 1.29 is 48.8 Å². The average molecular weight is 792 g/mol. The molecule has 11 heteroatoms. The van der Waals surface area contributed by atoms with Crippen molar-refractivity contribution in [2.75, 3.05) is 41.2 Å². The predicted octanol–water partition coefficient (Wildman–Crippen LogP) is 8.33. The quantitative estimate of drug-likeness (QED) is 0.0546. The summed E-state index contributed by atoms with van der Waals surface area (Å²) in [5, 5.41) is 48.8. The van der Waals surface area contributed by atoms with Crippen LogP contribution in [-0.2, 0) is 15.9 Å². The molecule has 8 rings (SSSR count). The molecule has 306 valence electrons. The Labute approximate surface area is 339 Å². The van der Waals surface area contributed by atoms with Crippen LogP contribution in [0.2, 0.25) is 0 Å². The second-order valence-electron chi connectivity index (χ2n) is 15.7. The van der Waals surface area contributed by atoms with Crippen LogP contribution in [0.15, 0.2) is 78.9 Å². The number of rotatable bonds is 14. The molecule has 5 atom stereocenters. The van der Waals surface area contributed by atoms with Gasteiger partial charge in [0, 0.05) is 59.4 Å². The lowest BCUT2D eigenvalue weighted by Gasteiger charge is -2.46. The molecule has 0 radical (unpaired) electrons. The van der Waals surface area contributed by atoms with E-state index in [0.717, 1.165) is 70.7 Å². The Balaban J connectivity index is 1.23. The average Bonchev–Trinajstić information content (AvgIpc) is 3.73. The minimum absolute atomic E-state index is 0.0754. The minimum atomic E-state index is -0.982. The number of phenolic OH excluding ortho intramolecular Hbond substituents is 3. The second-order valence-corrected chi connectivity index (χ2v) is 15.7. The molecule has 1 aliphatic carbocycles. The van der Waals surface area contributed by atoms with Gasteiger partial charge in [-0.1, -0.05) is 18.2 Å². The van der Waals surface area contributed by atoms with E-state index in [0.29, 0.717) is 48.0 Å². The number of hydrogen-bond acceptors (Lipinski definition) is 11. The molecule has 5 aromatic rings. The number of benzene rings is 5. The summed E-state index contributed by atoms with van der Waals surface area (Å²) in [6, 6.07) is 23.3. The number of hydrogen-bond donors (Lipinski definition) is 5. The predicted molar refractivity (Wildman–Crippen MR) is 220 cm³/mol. The van der Waals surface area contributed by atoms with Crippen molar-refractivity contribution >= 4 is 10.8 Å². The number of nitrogens with one attached hydrogen (secondary N) is 1. The van der Waals surface area contributed by atoms with Gasteiger partial charge in [0.05, 0.1) is 38.8 Å². The van der Waals surface area contributed by atoms with Gasteiger partial charge < -0.3 is 48.8 Å². The molecule has 2 aliphatic heterocycles. The van der Waals surface area contributed by atoms with Crippen LogP contribution in [-0.4, -0.2) is 73.8 Å². The van der Waals surface area contributed by atoms with Gasteiger partial charge in [0.2, 0.25) is 0 Å². The lowest BCUT2D eigenvalue weighted by molar-refractivity contribution is -0.115. The summed E-state index contributed by atoms with van der Waals surface area (Å²) in [5.74, 6) is 2.04. The van der Waals surface area contributed by atoms with E-state index in [-0.39, 0.29) is 42.6 Å². The highest BCUT2D eigenvalue weighted by Gasteiger charge is 2.49. The first-order valence-electron chi connectivity index (χ1n) is 20.3. The van der Waals surface area contributed by atoms with Gasteiger partial charge in [0.15, 0.2) is 0 Å². The van der Waals surface area contributed by atoms with Gasteiger partial charge in [-0.05, 0) is 123 Å². The van der Waals surface area contributed by atoms with Gasteiger partial charge in [0.1, 0.15) is 46.4 Å². The third-order valence-corrected chi connectivity index (χ3v) is 11.9. The molecule has 0 saturated heterocycles. The van der Waals surface area contributed by atoms with Crippen molar-refractivity contribution in [3.05, 3.63) is 101 Å². The molecule has 11 nitrogen and oxygen atoms in total. The molecule has 0 spiro atoms. The number of phenols is 3. The first-order chi connectivity index (χ1) is 28.3. The van der Waals surface area contributed by atoms with E-state index in [9.17, 15) is 20.4 Å². The zero-order chi connectivity index (χ0) is 40.3. The highest BCUT2D eigenvalue weighted by molar-refractivity contribution is 5.96. The van der Waals surface area contributed by atoms with E-state index >= 15 is 0 Å². The molecule has 58 heavy (non-hydrogen) atoms. The van der Waals surface area contributed by atoms with E-state index in [1.165, 1.54) is 0 Å². The Morgan fingerprint density at radius 1 is 0.810 bits per heavy atom. The fourth-order valence-corrected chi connectivity index (χ4v) is 9.26. The van der Waals surface area contributed by atoms with Crippen molar-refractivity contribution in [3.8, 4) is 51.4 Å². The van der Waals surface area contributed by atoms with E-state index < -0.39 is 24.2 Å². The van der Waals surface area contributed by atoms with Crippen LogP contribution < -0.4 is 24.3 Å². The van der Waals surface area contributed by atoms with Crippen LogP contribution in [0, 0.1) is 11.8 Å². The largest absolute Gasteiger partial charge is 0.508 e. The number of aromatic hydroxyl groups is 3. The molecular weight excluding hydrogens is 739 g/mol. The van der Waals surface area contributed by atoms with Crippen molar-refractivity contribution in [1.82, 2.24) is 5.32 Å². The summed E-state index contributed by atoms with van der Waals surface area (Å²) in [5.41, 5.74) is 4.74. The Bertz CT molecular complexity index is 2240. The Morgan fingerprint density at radius 2 is 1.60 bits per heavy atom. The zero-order valence-corrected chi connectivity index (χ0v) is 33.3. The summed E-state index contributed by atoms with van der Waals surface area (Å²) in [7, 11) is 5.11. The second kappa shape index (κ2) is 17.3. The van der Waals surface area contributed by atoms with Crippen LogP contribution in [0.25, 0.3) is 21.9 Å². The lowest BCUT2D eigenvalue weighted by atomic mass is 9.72. The maximum Gasteiger partial charge on any atom is 0.133 e. The van der Waals surface area contributed by atoms with E-state index in [2.05, 4.69) is 5.32 Å². The number of fused-ring (bicyclic) bond motifs is 4. The normalized spacial score (nSPS) is 21.6. The lowest BCUT2D eigenvalue weighted by Crippen LogP contribution is -2.47. The number of ether oxygens (including phenoxy) is 6. The maximum absolute atomic E-state index is 12.7. The first kappa shape index (κ1) is 39.6. The van der Waals surface area contributed by atoms with E-state index in [1.807, 2.05) is 43.4 Å². The Kier molecular flexibility index (Phi) is 11.8. The number of methoxy groups -OCH3 is 2. The summed E-state index contributed by atoms with van der Waals surface area (Å²) in [4.78, 5) is 0. The number of aliphatic hydroxyl groups is 1. The third-order valence-electron chi connectivity index (χ3n) is 11.9. The van der Waals surface area contributed by atoms with Crippen molar-refractivity contribution in [2.45, 2.75) is 69.4 Å². The van der Waals surface area contributed by atoms with Gasteiger partial charge in [-0.2, -0.15) is 0 Å². The van der Waals surface area contributed by atoms with Gasteiger partial charge in [-0.3, -0.25) is 5.32 Å². The highest BCUT2D eigenvalue weighted by atomic mass is 16.5. The van der Waals surface area contributed by atoms with Crippen LogP contribution in [0.3, 0.4) is 0 Å². The molecule has 1 saturated carbocycles. The smallest absolute Gasteiger partial charge is 0.133 e. The molecule has 0 bridgehead atoms. The van der Waals surface area contributed by atoms with Crippen LogP contribution in [0.5, 0.6) is 40.2 Å². The van der Waals surface area contributed by atoms with Gasteiger partial charge in [-0.15, -0.1) is 0 Å². The SMILES string of the molecule is CNCO[C@H]1c2cc(OC)c3cc(O)ccc3c2O[C@H](CCCOC)[C@H]1[C@H]1COc2c(Cc3cc(O)ccc3-c3cccc(O)c3)cc(OC3CCCC3)cc2[C@H]1O. The zero-order valence-electron chi connectivity index (χ0n) is 33.3. The third kappa shape index (κ3) is 7.96. The monoisotopic (exact) mass is 791 g/mol.